The third-order valence-corrected chi connectivity index (χ3v) is 2.64. The Morgan fingerprint density at radius 3 is 1.18 bits per heavy atom. The van der Waals surface area contributed by atoms with Gasteiger partial charge in [0.2, 0.25) is 0 Å². The Morgan fingerprint density at radius 2 is 0.864 bits per heavy atom. The van der Waals surface area contributed by atoms with E-state index < -0.39 is 57.0 Å². The average Bonchev–Trinajstić information content (AvgIpc) is 2.47. The van der Waals surface area contributed by atoms with Crippen LogP contribution in [-0.4, -0.2) is 9.97 Å². The van der Waals surface area contributed by atoms with Crippen molar-refractivity contribution in [2.24, 2.45) is 0 Å². The van der Waals surface area contributed by atoms with Crippen molar-refractivity contribution in [3.05, 3.63) is 52.1 Å². The number of pyridine rings is 2. The molecule has 2 nitrogen and oxygen atoms in total. The standard InChI is InChI=1S/C5ClF4N.C5HF4NS/c6-1-2(7)4(9)11-5(10)3(1)8;6-1-3(11)2(7)5(9)10-4(1)8/h;(H,10,11). The zero-order valence-corrected chi connectivity index (χ0v) is 11.4. The number of halogens is 9. The zero-order valence-electron chi connectivity index (χ0n) is 9.74. The molecule has 0 radical (unpaired) electrons. The van der Waals surface area contributed by atoms with Gasteiger partial charge >= 0.3 is 0 Å². The highest BCUT2D eigenvalue weighted by atomic mass is 35.5. The van der Waals surface area contributed by atoms with E-state index in [1.54, 1.807) is 0 Å². The Morgan fingerprint density at radius 1 is 0.591 bits per heavy atom. The van der Waals surface area contributed by atoms with E-state index in [1.807, 2.05) is 0 Å². The molecular formula is C10HClF8N2S. The second-order valence-electron chi connectivity index (χ2n) is 3.31. The SMILES string of the molecule is Fc1nc(F)c(F)c(Cl)c1F.Fc1nc(F)c(F)c(S)c1F. The Labute approximate surface area is 127 Å². The van der Waals surface area contributed by atoms with Crippen molar-refractivity contribution >= 4 is 24.2 Å². The third-order valence-electron chi connectivity index (χ3n) is 1.92. The van der Waals surface area contributed by atoms with Crippen molar-refractivity contribution in [3.63, 3.8) is 0 Å². The van der Waals surface area contributed by atoms with Crippen LogP contribution in [0.4, 0.5) is 35.1 Å². The summed E-state index contributed by atoms with van der Waals surface area (Å²) < 4.78 is 97.1. The number of hydrogen-bond acceptors (Lipinski definition) is 3. The molecule has 0 aliphatic heterocycles. The summed E-state index contributed by atoms with van der Waals surface area (Å²) in [6, 6.07) is 0. The highest BCUT2D eigenvalue weighted by Gasteiger charge is 2.18. The van der Waals surface area contributed by atoms with Crippen molar-refractivity contribution in [2.75, 3.05) is 0 Å². The maximum Gasteiger partial charge on any atom is 0.253 e. The molecule has 0 atom stereocenters. The van der Waals surface area contributed by atoms with Gasteiger partial charge in [-0.1, -0.05) is 11.6 Å². The predicted molar refractivity (Wildman–Crippen MR) is 60.4 cm³/mol. The van der Waals surface area contributed by atoms with Gasteiger partial charge in [0.25, 0.3) is 23.8 Å². The van der Waals surface area contributed by atoms with Gasteiger partial charge in [0.1, 0.15) is 5.02 Å². The summed E-state index contributed by atoms with van der Waals surface area (Å²) in [4.78, 5) is 3.56. The number of thiol groups is 1. The van der Waals surface area contributed by atoms with Gasteiger partial charge in [-0.05, 0) is 0 Å². The molecule has 2 rings (SSSR count). The molecule has 0 amide bonds. The molecule has 2 aromatic rings. The Balaban J connectivity index is 0.000000220. The molecule has 120 valence electrons. The number of rotatable bonds is 0. The summed E-state index contributed by atoms with van der Waals surface area (Å²) in [6.45, 7) is 0. The van der Waals surface area contributed by atoms with Crippen LogP contribution < -0.4 is 0 Å². The van der Waals surface area contributed by atoms with E-state index in [9.17, 15) is 35.1 Å². The summed E-state index contributed by atoms with van der Waals surface area (Å²) in [5, 5.41) is -1.23. The number of nitrogens with zero attached hydrogens (tertiary/aromatic N) is 2. The summed E-state index contributed by atoms with van der Waals surface area (Å²) >= 11 is 8.00. The second kappa shape index (κ2) is 7.09. The van der Waals surface area contributed by atoms with E-state index in [1.165, 1.54) is 0 Å². The molecule has 0 saturated heterocycles. The molecule has 0 fully saturated rings. The van der Waals surface area contributed by atoms with E-state index in [-0.39, 0.29) is 0 Å². The van der Waals surface area contributed by atoms with Crippen LogP contribution in [0.1, 0.15) is 0 Å². The topological polar surface area (TPSA) is 25.8 Å². The van der Waals surface area contributed by atoms with Gasteiger partial charge in [-0.3, -0.25) is 0 Å². The lowest BCUT2D eigenvalue weighted by Crippen LogP contribution is -2.00. The van der Waals surface area contributed by atoms with Gasteiger partial charge in [0.15, 0.2) is 23.3 Å². The Kier molecular flexibility index (Phi) is 5.94. The smallest absolute Gasteiger partial charge is 0.201 e. The summed E-state index contributed by atoms with van der Waals surface area (Å²) in [5.41, 5.74) is 0. The zero-order chi connectivity index (χ0) is 17.2. The highest BCUT2D eigenvalue weighted by molar-refractivity contribution is 7.80. The van der Waals surface area contributed by atoms with Crippen molar-refractivity contribution in [2.45, 2.75) is 4.90 Å². The van der Waals surface area contributed by atoms with Crippen LogP contribution in [0.2, 0.25) is 5.02 Å². The summed E-state index contributed by atoms with van der Waals surface area (Å²) in [5.74, 6) is -13.5. The highest BCUT2D eigenvalue weighted by Crippen LogP contribution is 2.21. The van der Waals surface area contributed by atoms with Crippen LogP contribution in [0.15, 0.2) is 4.90 Å². The minimum Gasteiger partial charge on any atom is -0.201 e. The molecule has 2 aromatic heterocycles. The third kappa shape index (κ3) is 3.77. The van der Waals surface area contributed by atoms with E-state index in [0.29, 0.717) is 0 Å². The maximum atomic E-state index is 12.3. The van der Waals surface area contributed by atoms with Crippen LogP contribution in [0.5, 0.6) is 0 Å². The van der Waals surface area contributed by atoms with Gasteiger partial charge in [0, 0.05) is 0 Å². The first kappa shape index (κ1) is 18.4. The lowest BCUT2D eigenvalue weighted by atomic mass is 10.4. The van der Waals surface area contributed by atoms with E-state index in [2.05, 4.69) is 22.6 Å². The molecular weight excluding hydrogens is 368 g/mol. The fraction of sp³-hybridized carbons (Fsp3) is 0. The first-order chi connectivity index (χ1) is 10.1. The van der Waals surface area contributed by atoms with Gasteiger partial charge in [0.05, 0.1) is 4.90 Å². The predicted octanol–water partition coefficient (Wildman–Crippen LogP) is 4.22. The first-order valence-corrected chi connectivity index (χ1v) is 5.64. The molecule has 0 aromatic carbocycles. The number of hydrogen-bond donors (Lipinski definition) is 1. The second-order valence-corrected chi connectivity index (χ2v) is 4.13. The minimum atomic E-state index is -1.76. The quantitative estimate of drug-likeness (QED) is 0.428. The Hall–Kier alpha value is -1.62. The van der Waals surface area contributed by atoms with Crippen LogP contribution >= 0.6 is 24.2 Å². The van der Waals surface area contributed by atoms with Crippen molar-refractivity contribution < 1.29 is 35.1 Å². The molecule has 2 heterocycles. The van der Waals surface area contributed by atoms with Crippen molar-refractivity contribution in [3.8, 4) is 0 Å². The molecule has 0 unspecified atom stereocenters. The fourth-order valence-corrected chi connectivity index (χ4v) is 1.28. The van der Waals surface area contributed by atoms with Crippen LogP contribution in [0, 0.1) is 47.1 Å². The van der Waals surface area contributed by atoms with Crippen LogP contribution in [0.25, 0.3) is 0 Å². The number of aromatic nitrogens is 2. The van der Waals surface area contributed by atoms with E-state index in [0.717, 1.165) is 0 Å². The summed E-state index contributed by atoms with van der Waals surface area (Å²) in [6.07, 6.45) is 0. The molecule has 0 aliphatic rings. The molecule has 0 aliphatic carbocycles. The largest absolute Gasteiger partial charge is 0.253 e. The van der Waals surface area contributed by atoms with Crippen molar-refractivity contribution in [1.82, 2.24) is 9.97 Å². The van der Waals surface area contributed by atoms with Crippen LogP contribution in [0.3, 0.4) is 0 Å². The lowest BCUT2D eigenvalue weighted by Gasteiger charge is -1.97. The molecule has 0 bridgehead atoms. The van der Waals surface area contributed by atoms with Gasteiger partial charge in [-0.15, -0.1) is 12.6 Å². The van der Waals surface area contributed by atoms with E-state index >= 15 is 0 Å². The molecule has 0 saturated carbocycles. The van der Waals surface area contributed by atoms with Gasteiger partial charge in [-0.25, -0.2) is 17.6 Å². The lowest BCUT2D eigenvalue weighted by molar-refractivity contribution is 0.384. The minimum absolute atomic E-state index is 1.00. The van der Waals surface area contributed by atoms with Gasteiger partial charge < -0.3 is 0 Å². The maximum absolute atomic E-state index is 12.3. The van der Waals surface area contributed by atoms with Gasteiger partial charge in [-0.2, -0.15) is 27.5 Å². The molecule has 22 heavy (non-hydrogen) atoms. The van der Waals surface area contributed by atoms with E-state index in [4.69, 9.17) is 11.6 Å². The molecule has 0 N–H and O–H groups in total. The monoisotopic (exact) mass is 368 g/mol. The summed E-state index contributed by atoms with van der Waals surface area (Å²) in [7, 11) is 0. The normalized spacial score (nSPS) is 10.3. The first-order valence-electron chi connectivity index (χ1n) is 4.82. The molecule has 0 spiro atoms. The fourth-order valence-electron chi connectivity index (χ4n) is 0.938. The van der Waals surface area contributed by atoms with Crippen LogP contribution in [-0.2, 0) is 0 Å². The van der Waals surface area contributed by atoms with Crippen molar-refractivity contribution in [1.29, 1.82) is 0 Å². The molecule has 12 heteroatoms. The average molecular weight is 369 g/mol. The Bertz CT molecular complexity index is 613.